The van der Waals surface area contributed by atoms with Gasteiger partial charge in [0.2, 0.25) is 0 Å². The largest absolute Gasteiger partial charge is 0.480 e. The molecule has 1 saturated heterocycles. The van der Waals surface area contributed by atoms with E-state index in [1.807, 2.05) is 6.92 Å². The second-order valence-corrected chi connectivity index (χ2v) is 6.49. The molecule has 1 heterocycles. The molecule has 0 radical (unpaired) electrons. The molecule has 1 aliphatic carbocycles. The number of rotatable bonds is 5. The smallest absolute Gasteiger partial charge is 0.327 e. The Balaban J connectivity index is 1.84. The first kappa shape index (κ1) is 14.5. The van der Waals surface area contributed by atoms with E-state index in [9.17, 15) is 14.7 Å². The van der Waals surface area contributed by atoms with E-state index in [0.717, 1.165) is 18.8 Å². The van der Waals surface area contributed by atoms with Crippen molar-refractivity contribution in [1.82, 2.24) is 10.2 Å². The predicted octanol–water partition coefficient (Wildman–Crippen LogP) is 2.12. The van der Waals surface area contributed by atoms with E-state index in [1.165, 1.54) is 24.2 Å². The van der Waals surface area contributed by atoms with Crippen LogP contribution in [0.15, 0.2) is 0 Å². The summed E-state index contributed by atoms with van der Waals surface area (Å²) in [5.41, 5.74) is 0. The van der Waals surface area contributed by atoms with Gasteiger partial charge in [0.15, 0.2) is 0 Å². The van der Waals surface area contributed by atoms with Crippen LogP contribution in [0.25, 0.3) is 0 Å². The zero-order chi connectivity index (χ0) is 13.8. The van der Waals surface area contributed by atoms with Gasteiger partial charge in [-0.2, -0.15) is 0 Å². The van der Waals surface area contributed by atoms with Crippen LogP contribution in [-0.4, -0.2) is 45.7 Å². The molecule has 2 atom stereocenters. The zero-order valence-corrected chi connectivity index (χ0v) is 12.1. The Morgan fingerprint density at radius 2 is 2.16 bits per heavy atom. The molecule has 6 heteroatoms. The summed E-state index contributed by atoms with van der Waals surface area (Å²) >= 11 is 1.55. The summed E-state index contributed by atoms with van der Waals surface area (Å²) in [6.07, 6.45) is 5.64. The third-order valence-electron chi connectivity index (χ3n) is 4.01. The molecule has 0 aromatic rings. The number of carboxylic acid groups (broad SMARTS) is 1. The average molecular weight is 286 g/mol. The lowest BCUT2D eigenvalue weighted by Crippen LogP contribution is -2.50. The van der Waals surface area contributed by atoms with E-state index in [2.05, 4.69) is 5.32 Å². The van der Waals surface area contributed by atoms with Crippen molar-refractivity contribution in [2.75, 3.05) is 12.3 Å². The number of thioether (sulfide) groups is 1. The molecule has 2 N–H and O–H groups in total. The fraction of sp³-hybridized carbons (Fsp3) is 0.846. The number of urea groups is 1. The van der Waals surface area contributed by atoms with Crippen LogP contribution in [0.5, 0.6) is 0 Å². The molecule has 19 heavy (non-hydrogen) atoms. The van der Waals surface area contributed by atoms with E-state index in [0.29, 0.717) is 12.3 Å². The molecular formula is C13H22N2O3S. The molecule has 2 unspecified atom stereocenters. The highest BCUT2D eigenvalue weighted by atomic mass is 32.2. The number of hydrogen-bond acceptors (Lipinski definition) is 3. The highest BCUT2D eigenvalue weighted by Crippen LogP contribution is 2.31. The third kappa shape index (κ3) is 3.35. The van der Waals surface area contributed by atoms with Crippen LogP contribution in [0.1, 0.15) is 39.0 Å². The molecule has 0 aromatic carbocycles. The van der Waals surface area contributed by atoms with Crippen LogP contribution in [-0.2, 0) is 4.79 Å². The molecule has 0 bridgehead atoms. The summed E-state index contributed by atoms with van der Waals surface area (Å²) in [7, 11) is 0. The number of carbonyl (C=O) groups is 2. The first-order valence-electron chi connectivity index (χ1n) is 7.04. The molecule has 2 aliphatic rings. The van der Waals surface area contributed by atoms with E-state index in [-0.39, 0.29) is 11.4 Å². The molecule has 0 aromatic heterocycles. The van der Waals surface area contributed by atoms with Gasteiger partial charge in [0.1, 0.15) is 6.04 Å². The van der Waals surface area contributed by atoms with Crippen molar-refractivity contribution in [2.45, 2.75) is 50.4 Å². The van der Waals surface area contributed by atoms with Crippen LogP contribution >= 0.6 is 11.8 Å². The number of hydrogen-bond donors (Lipinski definition) is 2. The van der Waals surface area contributed by atoms with Crippen molar-refractivity contribution >= 4 is 23.8 Å². The van der Waals surface area contributed by atoms with Crippen molar-refractivity contribution in [3.8, 4) is 0 Å². The number of carboxylic acids is 1. The van der Waals surface area contributed by atoms with Gasteiger partial charge in [-0.05, 0) is 18.8 Å². The maximum Gasteiger partial charge on any atom is 0.327 e. The Kier molecular flexibility index (Phi) is 4.96. The highest BCUT2D eigenvalue weighted by molar-refractivity contribution is 8.00. The Bertz CT molecular complexity index is 347. The number of amides is 2. The lowest BCUT2D eigenvalue weighted by atomic mass is 9.83. The molecular weight excluding hydrogens is 264 g/mol. The minimum atomic E-state index is -0.905. The number of carbonyl (C=O) groups excluding carboxylic acids is 1. The quantitative estimate of drug-likeness (QED) is 0.812. The van der Waals surface area contributed by atoms with Crippen LogP contribution < -0.4 is 5.32 Å². The van der Waals surface area contributed by atoms with E-state index in [1.54, 1.807) is 11.8 Å². The summed E-state index contributed by atoms with van der Waals surface area (Å²) in [4.78, 5) is 24.8. The van der Waals surface area contributed by atoms with Gasteiger partial charge < -0.3 is 10.4 Å². The van der Waals surface area contributed by atoms with Crippen molar-refractivity contribution in [3.05, 3.63) is 0 Å². The second-order valence-electron chi connectivity index (χ2n) is 5.28. The monoisotopic (exact) mass is 286 g/mol. The Morgan fingerprint density at radius 1 is 1.42 bits per heavy atom. The summed E-state index contributed by atoms with van der Waals surface area (Å²) < 4.78 is 0. The lowest BCUT2D eigenvalue weighted by molar-refractivity contribution is -0.141. The minimum Gasteiger partial charge on any atom is -0.480 e. The van der Waals surface area contributed by atoms with Gasteiger partial charge >= 0.3 is 12.0 Å². The van der Waals surface area contributed by atoms with Gasteiger partial charge in [0.05, 0.1) is 5.37 Å². The summed E-state index contributed by atoms with van der Waals surface area (Å²) in [6.45, 7) is 2.64. The van der Waals surface area contributed by atoms with E-state index in [4.69, 9.17) is 0 Å². The number of nitrogens with one attached hydrogen (secondary N) is 1. The molecule has 1 aliphatic heterocycles. The third-order valence-corrected chi connectivity index (χ3v) is 5.47. The molecule has 1 saturated carbocycles. The number of aliphatic carboxylic acids is 1. The summed E-state index contributed by atoms with van der Waals surface area (Å²) in [5.74, 6) is 0.340. The van der Waals surface area contributed by atoms with Gasteiger partial charge in [0, 0.05) is 12.3 Å². The molecule has 2 fully saturated rings. The van der Waals surface area contributed by atoms with Crippen LogP contribution in [0.4, 0.5) is 4.79 Å². The fourth-order valence-electron chi connectivity index (χ4n) is 2.60. The Labute approximate surface area is 118 Å². The van der Waals surface area contributed by atoms with Gasteiger partial charge in [-0.3, -0.25) is 4.90 Å². The summed E-state index contributed by atoms with van der Waals surface area (Å²) in [5, 5.41) is 12.0. The van der Waals surface area contributed by atoms with Gasteiger partial charge in [0.25, 0.3) is 0 Å². The standard InChI is InChI=1S/C13H22N2O3S/c1-2-11-15(10(8-19-11)12(16)17)13(18)14-7-6-9-4-3-5-9/h9-11H,2-8H2,1H3,(H,14,18)(H,16,17). The van der Waals surface area contributed by atoms with Crippen molar-refractivity contribution in [3.63, 3.8) is 0 Å². The number of nitrogens with zero attached hydrogens (tertiary/aromatic N) is 1. The lowest BCUT2D eigenvalue weighted by Gasteiger charge is -2.28. The second kappa shape index (κ2) is 6.50. The minimum absolute atomic E-state index is 0.00944. The van der Waals surface area contributed by atoms with Gasteiger partial charge in [-0.1, -0.05) is 26.2 Å². The van der Waals surface area contributed by atoms with Gasteiger partial charge in [-0.25, -0.2) is 9.59 Å². The average Bonchev–Trinajstić information content (AvgIpc) is 2.75. The van der Waals surface area contributed by atoms with Gasteiger partial charge in [-0.15, -0.1) is 11.8 Å². The first-order valence-corrected chi connectivity index (χ1v) is 8.09. The molecule has 108 valence electrons. The van der Waals surface area contributed by atoms with Crippen LogP contribution in [0.2, 0.25) is 0 Å². The van der Waals surface area contributed by atoms with E-state index < -0.39 is 12.0 Å². The first-order chi connectivity index (χ1) is 9.13. The summed E-state index contributed by atoms with van der Waals surface area (Å²) in [6, 6.07) is -0.901. The molecule has 0 spiro atoms. The predicted molar refractivity (Wildman–Crippen MR) is 75.2 cm³/mol. The Hall–Kier alpha value is -0.910. The Morgan fingerprint density at radius 3 is 2.68 bits per heavy atom. The highest BCUT2D eigenvalue weighted by Gasteiger charge is 2.40. The molecule has 2 rings (SSSR count). The SMILES string of the molecule is CCC1SCC(C(=O)O)N1C(=O)NCCC1CCC1. The maximum atomic E-state index is 12.2. The van der Waals surface area contributed by atoms with Crippen LogP contribution in [0, 0.1) is 5.92 Å². The van der Waals surface area contributed by atoms with Crippen molar-refractivity contribution < 1.29 is 14.7 Å². The van der Waals surface area contributed by atoms with Crippen molar-refractivity contribution in [1.29, 1.82) is 0 Å². The fourth-order valence-corrected chi connectivity index (χ4v) is 3.94. The zero-order valence-electron chi connectivity index (χ0n) is 11.3. The molecule has 5 nitrogen and oxygen atoms in total. The topological polar surface area (TPSA) is 69.6 Å². The van der Waals surface area contributed by atoms with Crippen molar-refractivity contribution in [2.24, 2.45) is 5.92 Å². The molecule has 2 amide bonds. The van der Waals surface area contributed by atoms with Crippen LogP contribution in [0.3, 0.4) is 0 Å². The van der Waals surface area contributed by atoms with E-state index >= 15 is 0 Å². The maximum absolute atomic E-state index is 12.2. The normalized spacial score (nSPS) is 27.1.